The van der Waals surface area contributed by atoms with Crippen LogP contribution in [-0.4, -0.2) is 6.21 Å². The van der Waals surface area contributed by atoms with Crippen LogP contribution in [0.15, 0.2) is 47.6 Å². The fourth-order valence-corrected chi connectivity index (χ4v) is 1.56. The summed E-state index contributed by atoms with van der Waals surface area (Å²) in [5.41, 5.74) is 1.22. The van der Waals surface area contributed by atoms with Gasteiger partial charge in [-0.25, -0.2) is 8.78 Å². The van der Waals surface area contributed by atoms with Gasteiger partial charge in [0.1, 0.15) is 24.5 Å². The smallest absolute Gasteiger partial charge is 0.142 e. The third-order valence-corrected chi connectivity index (χ3v) is 2.43. The Morgan fingerprint density at radius 2 is 1.70 bits per heavy atom. The van der Waals surface area contributed by atoms with Crippen molar-refractivity contribution in [1.82, 2.24) is 0 Å². The zero-order valence-electron chi connectivity index (χ0n) is 10.3. The van der Waals surface area contributed by atoms with Crippen molar-refractivity contribution in [3.8, 4) is 6.07 Å². The van der Waals surface area contributed by atoms with Crippen molar-refractivity contribution in [1.29, 1.82) is 5.26 Å². The number of benzene rings is 2. The van der Waals surface area contributed by atoms with Gasteiger partial charge in [0.25, 0.3) is 0 Å². The monoisotopic (exact) mass is 271 g/mol. The minimum Gasteiger partial charge on any atom is -0.390 e. The molecule has 0 bridgehead atoms. The summed E-state index contributed by atoms with van der Waals surface area (Å²) in [6, 6.07) is 11.8. The minimum atomic E-state index is -0.675. The number of nitriles is 1. The van der Waals surface area contributed by atoms with Crippen molar-refractivity contribution < 1.29 is 13.6 Å². The Morgan fingerprint density at radius 1 is 1.05 bits per heavy atom. The Balaban J connectivity index is 1.99. The van der Waals surface area contributed by atoms with E-state index >= 15 is 0 Å². The maximum Gasteiger partial charge on any atom is 0.142 e. The molecule has 0 spiro atoms. The van der Waals surface area contributed by atoms with E-state index in [0.717, 1.165) is 18.2 Å². The van der Waals surface area contributed by atoms with Crippen molar-refractivity contribution in [3.05, 3.63) is 70.8 Å². The van der Waals surface area contributed by atoms with Crippen LogP contribution >= 0.6 is 0 Å². The third kappa shape index (κ3) is 3.62. The molecular weight excluding hydrogens is 262 g/mol. The molecule has 0 aromatic heterocycles. The predicted octanol–water partition coefficient (Wildman–Crippen LogP) is 3.26. The molecule has 0 saturated heterocycles. The Morgan fingerprint density at radius 3 is 2.35 bits per heavy atom. The summed E-state index contributed by atoms with van der Waals surface area (Å²) in [4.78, 5) is 4.90. The highest BCUT2D eigenvalue weighted by molar-refractivity contribution is 5.82. The number of rotatable bonds is 4. The van der Waals surface area contributed by atoms with E-state index in [0.29, 0.717) is 16.7 Å². The highest BCUT2D eigenvalue weighted by Gasteiger charge is 2.01. The number of halogens is 2. The van der Waals surface area contributed by atoms with Gasteiger partial charge >= 0.3 is 0 Å². The molecule has 0 N–H and O–H groups in total. The zero-order chi connectivity index (χ0) is 14.4. The van der Waals surface area contributed by atoms with Crippen molar-refractivity contribution in [2.45, 2.75) is 6.61 Å². The van der Waals surface area contributed by atoms with Gasteiger partial charge in [-0.15, -0.1) is 0 Å². The molecule has 0 atom stereocenters. The lowest BCUT2D eigenvalue weighted by Gasteiger charge is -2.00. The van der Waals surface area contributed by atoms with Gasteiger partial charge in [-0.1, -0.05) is 23.4 Å². The Hall–Kier alpha value is -2.74. The standard InChI is InChI=1S/C15H9F2N2O/c16-14-5-11(6-15(17)7-14)10-20-19-9-13-4-2-1-3-12(13)8-18/h1-7H,10H2. The molecule has 20 heavy (non-hydrogen) atoms. The molecule has 99 valence electrons. The molecule has 0 saturated carbocycles. The molecule has 2 rings (SSSR count). The fourth-order valence-electron chi connectivity index (χ4n) is 1.56. The van der Waals surface area contributed by atoms with Gasteiger partial charge in [0.2, 0.25) is 0 Å². The van der Waals surface area contributed by atoms with E-state index < -0.39 is 11.6 Å². The second-order valence-electron chi connectivity index (χ2n) is 3.91. The lowest BCUT2D eigenvalue weighted by Crippen LogP contribution is -1.92. The largest absolute Gasteiger partial charge is 0.390 e. The minimum absolute atomic E-state index is 0.0869. The summed E-state index contributed by atoms with van der Waals surface area (Å²) in [5.74, 6) is -1.35. The van der Waals surface area contributed by atoms with Crippen LogP contribution in [0, 0.1) is 23.0 Å². The second kappa shape index (κ2) is 6.43. The van der Waals surface area contributed by atoms with Crippen molar-refractivity contribution in [3.63, 3.8) is 0 Å². The molecule has 2 aromatic rings. The molecule has 0 amide bonds. The van der Waals surface area contributed by atoms with E-state index in [4.69, 9.17) is 10.1 Å². The van der Waals surface area contributed by atoms with Crippen LogP contribution in [0.2, 0.25) is 0 Å². The summed E-state index contributed by atoms with van der Waals surface area (Å²) >= 11 is 0. The molecule has 0 aliphatic carbocycles. The van der Waals surface area contributed by atoms with Crippen LogP contribution in [0.4, 0.5) is 8.78 Å². The van der Waals surface area contributed by atoms with Crippen LogP contribution in [0.5, 0.6) is 0 Å². The molecule has 0 heterocycles. The first-order valence-corrected chi connectivity index (χ1v) is 5.71. The van der Waals surface area contributed by atoms with Crippen molar-refractivity contribution in [2.24, 2.45) is 5.16 Å². The van der Waals surface area contributed by atoms with Gasteiger partial charge in [0.05, 0.1) is 11.6 Å². The molecule has 1 radical (unpaired) electrons. The average Bonchev–Trinajstić information content (AvgIpc) is 2.43. The van der Waals surface area contributed by atoms with Gasteiger partial charge in [0, 0.05) is 11.6 Å². The van der Waals surface area contributed by atoms with Gasteiger partial charge in [-0.05, 0) is 23.8 Å². The molecule has 0 fully saturated rings. The van der Waals surface area contributed by atoms with Crippen LogP contribution in [-0.2, 0) is 11.4 Å². The summed E-state index contributed by atoms with van der Waals surface area (Å²) in [6.45, 7) is -0.0869. The molecular formula is C15H9F2N2O. The fraction of sp³-hybridized carbons (Fsp3) is 0.0667. The van der Waals surface area contributed by atoms with E-state index in [1.54, 1.807) is 24.3 Å². The lowest BCUT2D eigenvalue weighted by molar-refractivity contribution is 0.131. The second-order valence-corrected chi connectivity index (χ2v) is 3.91. The first kappa shape index (κ1) is 13.7. The average molecular weight is 271 g/mol. The zero-order valence-corrected chi connectivity index (χ0v) is 10.3. The van der Waals surface area contributed by atoms with Gasteiger partial charge in [-0.2, -0.15) is 5.26 Å². The molecule has 0 aliphatic rings. The van der Waals surface area contributed by atoms with Gasteiger partial charge < -0.3 is 4.84 Å². The summed E-state index contributed by atoms with van der Waals surface area (Å²) in [7, 11) is 0. The molecule has 2 aromatic carbocycles. The lowest BCUT2D eigenvalue weighted by atomic mass is 10.1. The number of hydrogen-bond acceptors (Lipinski definition) is 3. The van der Waals surface area contributed by atoms with Gasteiger partial charge in [0.15, 0.2) is 0 Å². The van der Waals surface area contributed by atoms with Crippen LogP contribution < -0.4 is 0 Å². The molecule has 0 unspecified atom stereocenters. The Bertz CT molecular complexity index is 658. The third-order valence-electron chi connectivity index (χ3n) is 2.43. The van der Waals surface area contributed by atoms with E-state index in [9.17, 15) is 8.78 Å². The molecule has 3 nitrogen and oxygen atoms in total. The van der Waals surface area contributed by atoms with Crippen LogP contribution in [0.25, 0.3) is 0 Å². The number of hydrogen-bond donors (Lipinski definition) is 0. The topological polar surface area (TPSA) is 45.4 Å². The SMILES string of the molecule is N#Cc1ccccc1/[C]=N\OCc1cc(F)cc(F)c1. The molecule has 0 aliphatic heterocycles. The van der Waals surface area contributed by atoms with Crippen molar-refractivity contribution in [2.75, 3.05) is 0 Å². The predicted molar refractivity (Wildman–Crippen MR) is 68.8 cm³/mol. The van der Waals surface area contributed by atoms with E-state index in [1.165, 1.54) is 0 Å². The summed E-state index contributed by atoms with van der Waals surface area (Å²) in [6.07, 6.45) is 2.56. The first-order valence-electron chi connectivity index (χ1n) is 5.71. The first-order chi connectivity index (χ1) is 9.69. The quantitative estimate of drug-likeness (QED) is 0.633. The maximum absolute atomic E-state index is 12.9. The summed E-state index contributed by atoms with van der Waals surface area (Å²) in [5, 5.41) is 12.4. The highest BCUT2D eigenvalue weighted by Crippen LogP contribution is 2.09. The van der Waals surface area contributed by atoms with Crippen LogP contribution in [0.1, 0.15) is 16.7 Å². The summed E-state index contributed by atoms with van der Waals surface area (Å²) < 4.78 is 25.8. The normalized spacial score (nSPS) is 10.4. The highest BCUT2D eigenvalue weighted by atomic mass is 19.1. The molecule has 5 heteroatoms. The Kier molecular flexibility index (Phi) is 4.40. The maximum atomic E-state index is 12.9. The number of nitrogens with zero attached hydrogens (tertiary/aromatic N) is 2. The van der Waals surface area contributed by atoms with E-state index in [-0.39, 0.29) is 6.61 Å². The van der Waals surface area contributed by atoms with E-state index in [1.807, 2.05) is 6.07 Å². The van der Waals surface area contributed by atoms with Crippen LogP contribution in [0.3, 0.4) is 0 Å². The van der Waals surface area contributed by atoms with E-state index in [2.05, 4.69) is 11.4 Å². The van der Waals surface area contributed by atoms with Crippen molar-refractivity contribution >= 4 is 6.21 Å². The Labute approximate surface area is 114 Å². The van der Waals surface area contributed by atoms with Gasteiger partial charge in [-0.3, -0.25) is 0 Å².